The van der Waals surface area contributed by atoms with Gasteiger partial charge in [0.15, 0.2) is 0 Å². The van der Waals surface area contributed by atoms with Crippen molar-refractivity contribution in [3.8, 4) is 0 Å². The lowest BCUT2D eigenvalue weighted by atomic mass is 10.0. The summed E-state index contributed by atoms with van der Waals surface area (Å²) in [5.74, 6) is -1.48. The van der Waals surface area contributed by atoms with Crippen LogP contribution >= 0.6 is 0 Å². The number of hydrogen-bond acceptors (Lipinski definition) is 5. The molecule has 7 nitrogen and oxygen atoms in total. The van der Waals surface area contributed by atoms with Crippen LogP contribution in [0.25, 0.3) is 11.1 Å². The molecule has 0 aliphatic rings. The number of aryl methyl sites for hydroxylation is 1. The molecule has 0 radical (unpaired) electrons. The second-order valence-corrected chi connectivity index (χ2v) is 5.87. The SMILES string of the molecule is C/C=C/CC(NC(=O)c1cc(C(C)C)nc2onc(C)c12)C(=O)O. The van der Waals surface area contributed by atoms with E-state index in [-0.39, 0.29) is 18.1 Å². The van der Waals surface area contributed by atoms with Crippen LogP contribution in [0.3, 0.4) is 0 Å². The molecule has 0 aromatic carbocycles. The summed E-state index contributed by atoms with van der Waals surface area (Å²) >= 11 is 0. The van der Waals surface area contributed by atoms with Gasteiger partial charge in [-0.3, -0.25) is 4.79 Å². The molecule has 1 unspecified atom stereocenters. The van der Waals surface area contributed by atoms with Crippen LogP contribution in [-0.2, 0) is 4.79 Å². The molecule has 2 N–H and O–H groups in total. The molecule has 0 spiro atoms. The zero-order valence-corrected chi connectivity index (χ0v) is 14.2. The highest BCUT2D eigenvalue weighted by atomic mass is 16.5. The summed E-state index contributed by atoms with van der Waals surface area (Å²) in [6.45, 7) is 7.41. The van der Waals surface area contributed by atoms with Gasteiger partial charge in [-0.2, -0.15) is 0 Å². The fourth-order valence-electron chi connectivity index (χ4n) is 2.32. The number of allylic oxidation sites excluding steroid dienone is 1. The number of carboxylic acids is 1. The Kier molecular flexibility index (Phi) is 5.33. The minimum Gasteiger partial charge on any atom is -0.480 e. The number of carboxylic acid groups (broad SMARTS) is 1. The summed E-state index contributed by atoms with van der Waals surface area (Å²) in [5, 5.41) is 16.2. The first kappa shape index (κ1) is 17.7. The van der Waals surface area contributed by atoms with Crippen LogP contribution in [0, 0.1) is 6.92 Å². The fraction of sp³-hybridized carbons (Fsp3) is 0.412. The largest absolute Gasteiger partial charge is 0.480 e. The van der Waals surface area contributed by atoms with Crippen molar-refractivity contribution in [1.29, 1.82) is 0 Å². The number of rotatable bonds is 6. The molecule has 0 saturated carbocycles. The number of aliphatic carboxylic acids is 1. The quantitative estimate of drug-likeness (QED) is 0.789. The molecule has 2 heterocycles. The van der Waals surface area contributed by atoms with Crippen LogP contribution in [0.1, 0.15) is 54.9 Å². The second kappa shape index (κ2) is 7.25. The monoisotopic (exact) mass is 331 g/mol. The molecule has 0 fully saturated rings. The molecule has 0 aliphatic heterocycles. The molecule has 2 aromatic heterocycles. The lowest BCUT2D eigenvalue weighted by Gasteiger charge is -2.14. The maximum absolute atomic E-state index is 12.7. The third-order valence-electron chi connectivity index (χ3n) is 3.68. The normalized spacial score (nSPS) is 12.9. The Bertz CT molecular complexity index is 792. The van der Waals surface area contributed by atoms with E-state index in [0.29, 0.717) is 22.3 Å². The number of carbonyl (C=O) groups excluding carboxylic acids is 1. The van der Waals surface area contributed by atoms with Crippen molar-refractivity contribution >= 4 is 23.0 Å². The summed E-state index contributed by atoms with van der Waals surface area (Å²) in [5.41, 5.74) is 1.83. The van der Waals surface area contributed by atoms with Crippen LogP contribution in [0.2, 0.25) is 0 Å². The molecular weight excluding hydrogens is 310 g/mol. The minimum atomic E-state index is -1.09. The van der Waals surface area contributed by atoms with E-state index in [4.69, 9.17) is 4.52 Å². The number of hydrogen-bond donors (Lipinski definition) is 2. The van der Waals surface area contributed by atoms with E-state index in [9.17, 15) is 14.7 Å². The molecule has 0 aliphatic carbocycles. The summed E-state index contributed by atoms with van der Waals surface area (Å²) in [6, 6.07) is 0.667. The van der Waals surface area contributed by atoms with Crippen LogP contribution in [0.4, 0.5) is 0 Å². The van der Waals surface area contributed by atoms with E-state index in [1.165, 1.54) is 0 Å². The topological polar surface area (TPSA) is 105 Å². The van der Waals surface area contributed by atoms with Gasteiger partial charge in [0.1, 0.15) is 6.04 Å². The van der Waals surface area contributed by atoms with Crippen LogP contribution < -0.4 is 5.32 Å². The maximum Gasteiger partial charge on any atom is 0.326 e. The second-order valence-electron chi connectivity index (χ2n) is 5.87. The first-order valence-electron chi connectivity index (χ1n) is 7.76. The third-order valence-corrected chi connectivity index (χ3v) is 3.68. The Hall–Kier alpha value is -2.70. The van der Waals surface area contributed by atoms with Crippen molar-refractivity contribution in [1.82, 2.24) is 15.5 Å². The number of aromatic nitrogens is 2. The van der Waals surface area contributed by atoms with Crippen molar-refractivity contribution in [2.45, 2.75) is 46.1 Å². The first-order chi connectivity index (χ1) is 11.3. The predicted octanol–water partition coefficient (Wildman–Crippen LogP) is 2.80. The molecule has 1 amide bonds. The Balaban J connectivity index is 2.43. The summed E-state index contributed by atoms with van der Waals surface area (Å²) in [7, 11) is 0. The number of nitrogens with zero attached hydrogens (tertiary/aromatic N) is 2. The molecule has 128 valence electrons. The van der Waals surface area contributed by atoms with E-state index in [0.717, 1.165) is 0 Å². The van der Waals surface area contributed by atoms with Crippen molar-refractivity contribution in [3.63, 3.8) is 0 Å². The zero-order valence-electron chi connectivity index (χ0n) is 14.2. The van der Waals surface area contributed by atoms with E-state index in [1.807, 2.05) is 13.8 Å². The van der Waals surface area contributed by atoms with Crippen molar-refractivity contribution in [2.75, 3.05) is 0 Å². The van der Waals surface area contributed by atoms with E-state index in [1.54, 1.807) is 32.1 Å². The van der Waals surface area contributed by atoms with Gasteiger partial charge in [-0.1, -0.05) is 31.2 Å². The lowest BCUT2D eigenvalue weighted by Crippen LogP contribution is -2.40. The standard InChI is InChI=1S/C17H21N3O4/c1-5-6-7-12(17(22)23)18-15(21)11-8-13(9(2)3)19-16-14(11)10(4)20-24-16/h5-6,8-9,12H,7H2,1-4H3,(H,18,21)(H,22,23)/b6-5+. The highest BCUT2D eigenvalue weighted by Gasteiger charge is 2.24. The smallest absolute Gasteiger partial charge is 0.326 e. The molecule has 2 rings (SSSR count). The van der Waals surface area contributed by atoms with Gasteiger partial charge in [-0.25, -0.2) is 9.78 Å². The molecule has 7 heteroatoms. The summed E-state index contributed by atoms with van der Waals surface area (Å²) in [6.07, 6.45) is 3.66. The zero-order chi connectivity index (χ0) is 17.9. The molecule has 0 saturated heterocycles. The molecule has 0 bridgehead atoms. The highest BCUT2D eigenvalue weighted by molar-refractivity contribution is 6.07. The third kappa shape index (κ3) is 3.61. The average Bonchev–Trinajstić information content (AvgIpc) is 2.91. The minimum absolute atomic E-state index is 0.0876. The summed E-state index contributed by atoms with van der Waals surface area (Å²) in [4.78, 5) is 28.4. The first-order valence-corrected chi connectivity index (χ1v) is 7.76. The van der Waals surface area contributed by atoms with Crippen LogP contribution in [-0.4, -0.2) is 33.2 Å². The average molecular weight is 331 g/mol. The predicted molar refractivity (Wildman–Crippen MR) is 89.0 cm³/mol. The molecule has 24 heavy (non-hydrogen) atoms. The Morgan fingerprint density at radius 1 is 1.42 bits per heavy atom. The van der Waals surface area contributed by atoms with Gasteiger partial charge in [-0.15, -0.1) is 0 Å². The fourth-order valence-corrected chi connectivity index (χ4v) is 2.32. The number of amides is 1. The van der Waals surface area contributed by atoms with Crippen molar-refractivity contribution in [3.05, 3.63) is 35.2 Å². The van der Waals surface area contributed by atoms with Gasteiger partial charge >= 0.3 is 5.97 Å². The number of carbonyl (C=O) groups is 2. The Morgan fingerprint density at radius 3 is 2.71 bits per heavy atom. The molecule has 2 aromatic rings. The van der Waals surface area contributed by atoms with Gasteiger partial charge in [0.2, 0.25) is 0 Å². The van der Waals surface area contributed by atoms with E-state index < -0.39 is 17.9 Å². The van der Waals surface area contributed by atoms with E-state index in [2.05, 4.69) is 15.5 Å². The van der Waals surface area contributed by atoms with Crippen LogP contribution in [0.5, 0.6) is 0 Å². The number of nitrogens with one attached hydrogen (secondary N) is 1. The van der Waals surface area contributed by atoms with E-state index >= 15 is 0 Å². The molecule has 1 atom stereocenters. The van der Waals surface area contributed by atoms with Gasteiger partial charge in [0.25, 0.3) is 11.6 Å². The van der Waals surface area contributed by atoms with Gasteiger partial charge < -0.3 is 14.9 Å². The van der Waals surface area contributed by atoms with Crippen molar-refractivity contribution < 1.29 is 19.2 Å². The van der Waals surface area contributed by atoms with Crippen molar-refractivity contribution in [2.24, 2.45) is 0 Å². The molecular formula is C17H21N3O4. The maximum atomic E-state index is 12.7. The van der Waals surface area contributed by atoms with Gasteiger partial charge in [0, 0.05) is 5.69 Å². The highest BCUT2D eigenvalue weighted by Crippen LogP contribution is 2.25. The number of fused-ring (bicyclic) bond motifs is 1. The Labute approximate surface area is 139 Å². The number of pyridine rings is 1. The summed E-state index contributed by atoms with van der Waals surface area (Å²) < 4.78 is 5.18. The van der Waals surface area contributed by atoms with Gasteiger partial charge in [0.05, 0.1) is 16.6 Å². The van der Waals surface area contributed by atoms with Gasteiger partial charge in [-0.05, 0) is 32.3 Å². The lowest BCUT2D eigenvalue weighted by molar-refractivity contribution is -0.139. The Morgan fingerprint density at radius 2 is 2.12 bits per heavy atom. The van der Waals surface area contributed by atoms with Crippen LogP contribution in [0.15, 0.2) is 22.7 Å².